The van der Waals surface area contributed by atoms with Crippen LogP contribution in [0.5, 0.6) is 0 Å². The summed E-state index contributed by atoms with van der Waals surface area (Å²) in [6.07, 6.45) is -0.972. The number of amides is 4. The third kappa shape index (κ3) is 8.33. The number of nitrogens with one attached hydrogen (secondary N) is 2. The van der Waals surface area contributed by atoms with Gasteiger partial charge >= 0.3 is 6.09 Å². The van der Waals surface area contributed by atoms with Crippen LogP contribution in [0.2, 0.25) is 0 Å². The molecule has 0 bridgehead atoms. The predicted octanol–water partition coefficient (Wildman–Crippen LogP) is 4.30. The van der Waals surface area contributed by atoms with E-state index in [2.05, 4.69) is 10.6 Å². The minimum absolute atomic E-state index is 0.0388. The molecule has 9 nitrogen and oxygen atoms in total. The lowest BCUT2D eigenvalue weighted by Crippen LogP contribution is -2.52. The first-order chi connectivity index (χ1) is 17.7. The van der Waals surface area contributed by atoms with Gasteiger partial charge in [0.1, 0.15) is 17.7 Å². The van der Waals surface area contributed by atoms with Crippen molar-refractivity contribution in [2.45, 2.75) is 79.0 Å². The van der Waals surface area contributed by atoms with E-state index < -0.39 is 41.5 Å². The SMILES string of the molecule is CCN(C(=O)C(CCC(N)=O)NC(=O)OC(C)(C)C)C(C(=O)Nc1c(C)cccc1C)c1ccccc1C. The Morgan fingerprint density at radius 3 is 2.05 bits per heavy atom. The van der Waals surface area contributed by atoms with Gasteiger partial charge in [-0.05, 0) is 77.1 Å². The summed E-state index contributed by atoms with van der Waals surface area (Å²) in [4.78, 5) is 53.3. The fourth-order valence-corrected chi connectivity index (χ4v) is 4.21. The van der Waals surface area contributed by atoms with Crippen LogP contribution in [-0.4, -0.2) is 46.9 Å². The Morgan fingerprint density at radius 2 is 1.53 bits per heavy atom. The van der Waals surface area contributed by atoms with Crippen molar-refractivity contribution < 1.29 is 23.9 Å². The maximum Gasteiger partial charge on any atom is 0.408 e. The van der Waals surface area contributed by atoms with Crippen LogP contribution >= 0.6 is 0 Å². The molecule has 0 saturated heterocycles. The van der Waals surface area contributed by atoms with Crippen LogP contribution in [0.1, 0.15) is 68.8 Å². The molecular weight excluding hydrogens is 484 g/mol. The zero-order valence-electron chi connectivity index (χ0n) is 23.4. The maximum atomic E-state index is 13.9. The summed E-state index contributed by atoms with van der Waals surface area (Å²) in [5, 5.41) is 5.60. The number of rotatable bonds is 10. The Kier molecular flexibility index (Phi) is 10.4. The third-order valence-corrected chi connectivity index (χ3v) is 6.06. The minimum Gasteiger partial charge on any atom is -0.444 e. The van der Waals surface area contributed by atoms with Crippen LogP contribution < -0.4 is 16.4 Å². The normalized spacial score (nSPS) is 12.7. The Balaban J connectivity index is 2.51. The maximum absolute atomic E-state index is 13.9. The van der Waals surface area contributed by atoms with Gasteiger partial charge in [0, 0.05) is 18.7 Å². The molecule has 0 aromatic heterocycles. The number of carbonyl (C=O) groups is 4. The van der Waals surface area contributed by atoms with E-state index in [0.717, 1.165) is 16.7 Å². The summed E-state index contributed by atoms with van der Waals surface area (Å²) in [7, 11) is 0. The molecule has 4 N–H and O–H groups in total. The molecule has 4 amide bonds. The van der Waals surface area contributed by atoms with Gasteiger partial charge < -0.3 is 26.0 Å². The molecule has 2 rings (SSSR count). The largest absolute Gasteiger partial charge is 0.444 e. The second-order valence-corrected chi connectivity index (χ2v) is 10.3. The molecule has 206 valence electrons. The first kappa shape index (κ1) is 30.3. The van der Waals surface area contributed by atoms with Crippen molar-refractivity contribution >= 4 is 29.5 Å². The lowest BCUT2D eigenvalue weighted by Gasteiger charge is -2.34. The van der Waals surface area contributed by atoms with E-state index in [1.807, 2.05) is 57.2 Å². The molecule has 2 unspecified atom stereocenters. The lowest BCUT2D eigenvalue weighted by molar-refractivity contribution is -0.140. The topological polar surface area (TPSA) is 131 Å². The highest BCUT2D eigenvalue weighted by molar-refractivity contribution is 6.00. The number of ether oxygens (including phenoxy) is 1. The number of benzene rings is 2. The van der Waals surface area contributed by atoms with Crippen LogP contribution in [0.4, 0.5) is 10.5 Å². The number of anilines is 1. The lowest BCUT2D eigenvalue weighted by atomic mass is 9.97. The number of para-hydroxylation sites is 1. The standard InChI is InChI=1S/C29H40N4O5/c1-8-33(27(36)22(16-17-23(30)34)31-28(37)38-29(5,6)7)25(21-15-10-9-12-18(21)2)26(35)32-24-19(3)13-11-14-20(24)4/h9-15,22,25H,8,16-17H2,1-7H3,(H2,30,34)(H,31,37)(H,32,35). The molecule has 0 heterocycles. The molecule has 0 spiro atoms. The quantitative estimate of drug-likeness (QED) is 0.427. The molecule has 2 atom stereocenters. The molecule has 38 heavy (non-hydrogen) atoms. The van der Waals surface area contributed by atoms with Crippen LogP contribution in [0.25, 0.3) is 0 Å². The van der Waals surface area contributed by atoms with Gasteiger partial charge in [-0.25, -0.2) is 4.79 Å². The van der Waals surface area contributed by atoms with Crippen molar-refractivity contribution in [1.82, 2.24) is 10.2 Å². The Morgan fingerprint density at radius 1 is 0.947 bits per heavy atom. The van der Waals surface area contributed by atoms with Crippen LogP contribution in [0.3, 0.4) is 0 Å². The van der Waals surface area contributed by atoms with Gasteiger partial charge in [0.15, 0.2) is 0 Å². The van der Waals surface area contributed by atoms with Crippen molar-refractivity contribution in [3.8, 4) is 0 Å². The van der Waals surface area contributed by atoms with Gasteiger partial charge in [0.25, 0.3) is 5.91 Å². The van der Waals surface area contributed by atoms with Gasteiger partial charge in [-0.3, -0.25) is 14.4 Å². The van der Waals surface area contributed by atoms with Crippen LogP contribution in [0.15, 0.2) is 42.5 Å². The molecule has 9 heteroatoms. The fourth-order valence-electron chi connectivity index (χ4n) is 4.21. The van der Waals surface area contributed by atoms with Gasteiger partial charge in [-0.15, -0.1) is 0 Å². The average Bonchev–Trinajstić information content (AvgIpc) is 2.81. The van der Waals surface area contributed by atoms with Gasteiger partial charge in [-0.2, -0.15) is 0 Å². The van der Waals surface area contributed by atoms with E-state index in [4.69, 9.17) is 10.5 Å². The van der Waals surface area contributed by atoms with Gasteiger partial charge in [-0.1, -0.05) is 42.5 Å². The number of hydrogen-bond donors (Lipinski definition) is 3. The monoisotopic (exact) mass is 524 g/mol. The van der Waals surface area contributed by atoms with E-state index in [0.29, 0.717) is 11.3 Å². The predicted molar refractivity (Wildman–Crippen MR) is 147 cm³/mol. The van der Waals surface area contributed by atoms with Crippen molar-refractivity contribution in [3.05, 3.63) is 64.7 Å². The summed E-state index contributed by atoms with van der Waals surface area (Å²) >= 11 is 0. The Bertz CT molecular complexity index is 1150. The minimum atomic E-state index is -1.13. The summed E-state index contributed by atoms with van der Waals surface area (Å²) in [5.74, 6) is -1.53. The summed E-state index contributed by atoms with van der Waals surface area (Å²) in [6.45, 7) is 12.7. The van der Waals surface area contributed by atoms with Crippen LogP contribution in [0, 0.1) is 20.8 Å². The molecule has 0 fully saturated rings. The van der Waals surface area contributed by atoms with E-state index in [1.54, 1.807) is 33.8 Å². The van der Waals surface area contributed by atoms with Gasteiger partial charge in [0.2, 0.25) is 11.8 Å². The summed E-state index contributed by atoms with van der Waals surface area (Å²) in [5.41, 5.74) is 8.49. The van der Waals surface area contributed by atoms with Crippen molar-refractivity contribution in [2.24, 2.45) is 5.73 Å². The van der Waals surface area contributed by atoms with Crippen molar-refractivity contribution in [2.75, 3.05) is 11.9 Å². The van der Waals surface area contributed by atoms with E-state index in [1.165, 1.54) is 4.90 Å². The number of carbonyl (C=O) groups excluding carboxylic acids is 4. The molecule has 0 aliphatic rings. The highest BCUT2D eigenvalue weighted by Gasteiger charge is 2.36. The number of nitrogens with zero attached hydrogens (tertiary/aromatic N) is 1. The Labute approximate surface area is 225 Å². The molecule has 0 saturated carbocycles. The zero-order valence-corrected chi connectivity index (χ0v) is 23.4. The number of likely N-dealkylation sites (N-methyl/N-ethyl adjacent to an activating group) is 1. The summed E-state index contributed by atoms with van der Waals surface area (Å²) in [6, 6.07) is 10.9. The molecular formula is C29H40N4O5. The molecule has 0 radical (unpaired) electrons. The smallest absolute Gasteiger partial charge is 0.408 e. The number of aryl methyl sites for hydroxylation is 3. The number of hydrogen-bond acceptors (Lipinski definition) is 5. The third-order valence-electron chi connectivity index (χ3n) is 6.06. The number of primary amides is 1. The Hall–Kier alpha value is -3.88. The van der Waals surface area contributed by atoms with Gasteiger partial charge in [0.05, 0.1) is 0 Å². The number of alkyl carbamates (subject to hydrolysis) is 1. The van der Waals surface area contributed by atoms with E-state index in [9.17, 15) is 19.2 Å². The van der Waals surface area contributed by atoms with E-state index in [-0.39, 0.29) is 19.4 Å². The van der Waals surface area contributed by atoms with E-state index >= 15 is 0 Å². The second-order valence-electron chi connectivity index (χ2n) is 10.3. The first-order valence-corrected chi connectivity index (χ1v) is 12.8. The molecule has 2 aromatic carbocycles. The average molecular weight is 525 g/mol. The molecule has 0 aliphatic heterocycles. The zero-order chi connectivity index (χ0) is 28.6. The highest BCUT2D eigenvalue weighted by atomic mass is 16.6. The van der Waals surface area contributed by atoms with Crippen LogP contribution in [-0.2, 0) is 19.1 Å². The first-order valence-electron chi connectivity index (χ1n) is 12.8. The second kappa shape index (κ2) is 13.1. The van der Waals surface area contributed by atoms with Crippen molar-refractivity contribution in [1.29, 1.82) is 0 Å². The fraction of sp³-hybridized carbons (Fsp3) is 0.448. The highest BCUT2D eigenvalue weighted by Crippen LogP contribution is 2.29. The van der Waals surface area contributed by atoms with Crippen molar-refractivity contribution in [3.63, 3.8) is 0 Å². The molecule has 0 aliphatic carbocycles. The molecule has 2 aromatic rings. The summed E-state index contributed by atoms with van der Waals surface area (Å²) < 4.78 is 5.34. The number of nitrogens with two attached hydrogens (primary N) is 1.